The molecule has 2 rings (SSSR count). The van der Waals surface area contributed by atoms with Crippen LogP contribution in [0.25, 0.3) is 0 Å². The molecule has 0 unspecified atom stereocenters. The minimum Gasteiger partial charge on any atom is -0.397 e. The number of aromatic nitrogens is 1. The average molecular weight is 249 g/mol. The number of hydrogen-bond acceptors (Lipinski definition) is 4. The molecule has 1 fully saturated rings. The van der Waals surface area contributed by atoms with Crippen LogP contribution in [0, 0.1) is 12.8 Å². The van der Waals surface area contributed by atoms with E-state index in [4.69, 9.17) is 5.73 Å². The van der Waals surface area contributed by atoms with Gasteiger partial charge >= 0.3 is 0 Å². The lowest BCUT2D eigenvalue weighted by atomic mass is 9.77. The van der Waals surface area contributed by atoms with Gasteiger partial charge in [0.05, 0.1) is 24.0 Å². The highest BCUT2D eigenvalue weighted by molar-refractivity contribution is 5.52. The second-order valence-corrected chi connectivity index (χ2v) is 5.68. The molecule has 0 atom stereocenters. The van der Waals surface area contributed by atoms with Gasteiger partial charge in [-0.3, -0.25) is 0 Å². The Hall–Kier alpha value is -1.29. The monoisotopic (exact) mass is 249 g/mol. The highest BCUT2D eigenvalue weighted by atomic mass is 16.3. The van der Waals surface area contributed by atoms with Gasteiger partial charge in [-0.15, -0.1) is 0 Å². The summed E-state index contributed by atoms with van der Waals surface area (Å²) in [5.74, 6) is 1.60. The van der Waals surface area contributed by atoms with Gasteiger partial charge in [0.2, 0.25) is 0 Å². The van der Waals surface area contributed by atoms with Crippen LogP contribution in [-0.4, -0.2) is 22.2 Å². The summed E-state index contributed by atoms with van der Waals surface area (Å²) in [5, 5.41) is 13.2. The van der Waals surface area contributed by atoms with Gasteiger partial charge in [-0.2, -0.15) is 0 Å². The van der Waals surface area contributed by atoms with Gasteiger partial charge in [-0.25, -0.2) is 4.98 Å². The molecule has 1 aromatic heterocycles. The van der Waals surface area contributed by atoms with E-state index in [-0.39, 0.29) is 12.1 Å². The van der Waals surface area contributed by atoms with Gasteiger partial charge in [-0.1, -0.05) is 6.92 Å². The van der Waals surface area contributed by atoms with Crippen molar-refractivity contribution in [1.82, 2.24) is 4.98 Å². The summed E-state index contributed by atoms with van der Waals surface area (Å²) < 4.78 is 0. The van der Waals surface area contributed by atoms with Crippen molar-refractivity contribution < 1.29 is 5.11 Å². The molecule has 1 aliphatic carbocycles. The third-order valence-corrected chi connectivity index (χ3v) is 4.02. The van der Waals surface area contributed by atoms with Crippen molar-refractivity contribution in [3.8, 4) is 0 Å². The fraction of sp³-hybridized carbons (Fsp3) is 0.643. The SMILES string of the molecule is Cc1cc(N)cnc1NC1(CO)CCC(C)CC1. The Bertz CT molecular complexity index is 412. The maximum absolute atomic E-state index is 9.72. The Morgan fingerprint density at radius 2 is 2.17 bits per heavy atom. The van der Waals surface area contributed by atoms with Crippen LogP contribution in [0.15, 0.2) is 12.3 Å². The number of nitrogen functional groups attached to an aromatic ring is 1. The van der Waals surface area contributed by atoms with E-state index in [2.05, 4.69) is 17.2 Å². The van der Waals surface area contributed by atoms with Crippen LogP contribution in [-0.2, 0) is 0 Å². The number of pyridine rings is 1. The van der Waals surface area contributed by atoms with Crippen LogP contribution < -0.4 is 11.1 Å². The third kappa shape index (κ3) is 2.75. The van der Waals surface area contributed by atoms with E-state index in [1.54, 1.807) is 6.20 Å². The summed E-state index contributed by atoms with van der Waals surface area (Å²) in [4.78, 5) is 4.34. The predicted molar refractivity (Wildman–Crippen MR) is 74.5 cm³/mol. The molecule has 18 heavy (non-hydrogen) atoms. The number of anilines is 2. The summed E-state index contributed by atoms with van der Waals surface area (Å²) in [6.45, 7) is 4.42. The van der Waals surface area contributed by atoms with E-state index in [0.717, 1.165) is 43.0 Å². The molecular formula is C14H23N3O. The molecule has 1 saturated carbocycles. The Labute approximate surface area is 109 Å². The summed E-state index contributed by atoms with van der Waals surface area (Å²) in [7, 11) is 0. The van der Waals surface area contributed by atoms with E-state index in [1.807, 2.05) is 13.0 Å². The maximum atomic E-state index is 9.72. The number of aryl methyl sites for hydroxylation is 1. The first-order valence-corrected chi connectivity index (χ1v) is 6.66. The Kier molecular flexibility index (Phi) is 3.76. The lowest BCUT2D eigenvalue weighted by Crippen LogP contribution is -2.45. The number of rotatable bonds is 3. The van der Waals surface area contributed by atoms with Crippen LogP contribution >= 0.6 is 0 Å². The van der Waals surface area contributed by atoms with Crippen molar-refractivity contribution in [2.45, 2.75) is 45.1 Å². The van der Waals surface area contributed by atoms with E-state index in [9.17, 15) is 5.11 Å². The van der Waals surface area contributed by atoms with Crippen molar-refractivity contribution in [3.63, 3.8) is 0 Å². The molecule has 4 N–H and O–H groups in total. The number of aliphatic hydroxyl groups excluding tert-OH is 1. The van der Waals surface area contributed by atoms with Crippen LogP contribution in [0.1, 0.15) is 38.2 Å². The first-order valence-electron chi connectivity index (χ1n) is 6.66. The Morgan fingerprint density at radius 1 is 1.50 bits per heavy atom. The predicted octanol–water partition coefficient (Wildman–Crippen LogP) is 2.33. The lowest BCUT2D eigenvalue weighted by Gasteiger charge is -2.39. The molecule has 4 heteroatoms. The molecule has 0 saturated heterocycles. The van der Waals surface area contributed by atoms with Gasteiger partial charge < -0.3 is 16.2 Å². The van der Waals surface area contributed by atoms with Crippen molar-refractivity contribution in [3.05, 3.63) is 17.8 Å². The first-order chi connectivity index (χ1) is 8.54. The number of aliphatic hydroxyl groups is 1. The number of nitrogens with one attached hydrogen (secondary N) is 1. The minimum atomic E-state index is -0.208. The van der Waals surface area contributed by atoms with E-state index >= 15 is 0 Å². The first kappa shape index (κ1) is 13.1. The second-order valence-electron chi connectivity index (χ2n) is 5.68. The lowest BCUT2D eigenvalue weighted by molar-refractivity contribution is 0.155. The van der Waals surface area contributed by atoms with Crippen molar-refractivity contribution >= 4 is 11.5 Å². The smallest absolute Gasteiger partial charge is 0.129 e. The minimum absolute atomic E-state index is 0.158. The number of hydrogen-bond donors (Lipinski definition) is 3. The van der Waals surface area contributed by atoms with Crippen LogP contribution in [0.4, 0.5) is 11.5 Å². The Balaban J connectivity index is 2.15. The zero-order chi connectivity index (χ0) is 13.2. The van der Waals surface area contributed by atoms with Crippen LogP contribution in [0.5, 0.6) is 0 Å². The highest BCUT2D eigenvalue weighted by Gasteiger charge is 2.34. The topological polar surface area (TPSA) is 71.2 Å². The molecule has 0 aliphatic heterocycles. The van der Waals surface area contributed by atoms with E-state index in [0.29, 0.717) is 5.69 Å². The zero-order valence-corrected chi connectivity index (χ0v) is 11.2. The molecular weight excluding hydrogens is 226 g/mol. The standard InChI is InChI=1S/C14H23N3O/c1-10-3-5-14(9-18,6-4-10)17-13-11(2)7-12(15)8-16-13/h7-8,10,18H,3-6,9,15H2,1-2H3,(H,16,17). The molecule has 4 nitrogen and oxygen atoms in total. The van der Waals surface area contributed by atoms with Crippen molar-refractivity contribution in [1.29, 1.82) is 0 Å². The summed E-state index contributed by atoms with van der Waals surface area (Å²) in [6.07, 6.45) is 5.96. The molecule has 100 valence electrons. The zero-order valence-electron chi connectivity index (χ0n) is 11.2. The normalized spacial score (nSPS) is 28.1. The molecule has 1 aromatic rings. The Morgan fingerprint density at radius 3 is 2.72 bits per heavy atom. The quantitative estimate of drug-likeness (QED) is 0.769. The number of nitrogens with zero attached hydrogens (tertiary/aromatic N) is 1. The van der Waals surface area contributed by atoms with Crippen LogP contribution in [0.2, 0.25) is 0 Å². The molecule has 0 radical (unpaired) electrons. The summed E-state index contributed by atoms with van der Waals surface area (Å²) >= 11 is 0. The van der Waals surface area contributed by atoms with Crippen molar-refractivity contribution in [2.24, 2.45) is 5.92 Å². The fourth-order valence-corrected chi connectivity index (χ4v) is 2.62. The molecule has 0 spiro atoms. The van der Waals surface area contributed by atoms with Gasteiger partial charge in [0.1, 0.15) is 5.82 Å². The molecule has 1 heterocycles. The van der Waals surface area contributed by atoms with E-state index in [1.165, 1.54) is 0 Å². The molecule has 0 bridgehead atoms. The molecule has 0 amide bonds. The van der Waals surface area contributed by atoms with Gasteiger partial charge in [0, 0.05) is 0 Å². The van der Waals surface area contributed by atoms with E-state index < -0.39 is 0 Å². The summed E-state index contributed by atoms with van der Waals surface area (Å²) in [6, 6.07) is 1.91. The highest BCUT2D eigenvalue weighted by Crippen LogP contribution is 2.34. The van der Waals surface area contributed by atoms with Crippen molar-refractivity contribution in [2.75, 3.05) is 17.7 Å². The third-order valence-electron chi connectivity index (χ3n) is 4.02. The summed E-state index contributed by atoms with van der Waals surface area (Å²) in [5.41, 5.74) is 7.20. The number of nitrogens with two attached hydrogens (primary N) is 1. The molecule has 1 aliphatic rings. The van der Waals surface area contributed by atoms with Gasteiger partial charge in [0.15, 0.2) is 0 Å². The van der Waals surface area contributed by atoms with Gasteiger partial charge in [0.25, 0.3) is 0 Å². The maximum Gasteiger partial charge on any atom is 0.129 e. The molecule has 0 aromatic carbocycles. The largest absolute Gasteiger partial charge is 0.397 e. The average Bonchev–Trinajstić information content (AvgIpc) is 2.36. The van der Waals surface area contributed by atoms with Crippen LogP contribution in [0.3, 0.4) is 0 Å². The van der Waals surface area contributed by atoms with Gasteiger partial charge in [-0.05, 0) is 50.2 Å². The second kappa shape index (κ2) is 5.14. The fourth-order valence-electron chi connectivity index (χ4n) is 2.62.